The number of alkyl halides is 1. The minimum Gasteiger partial charge on any atom is -0.356 e. The third kappa shape index (κ3) is 4.85. The van der Waals surface area contributed by atoms with Crippen molar-refractivity contribution in [3.8, 4) is 0 Å². The molecular weight excluding hydrogens is 198 g/mol. The van der Waals surface area contributed by atoms with Gasteiger partial charge >= 0.3 is 0 Å². The second kappa shape index (κ2) is 7.10. The zero-order chi connectivity index (χ0) is 10.2. The van der Waals surface area contributed by atoms with E-state index in [9.17, 15) is 4.79 Å². The third-order valence-corrected chi connectivity index (χ3v) is 3.12. The maximum absolute atomic E-state index is 11.3. The Hall–Kier alpha value is -0.240. The number of rotatable bonds is 5. The Morgan fingerprint density at radius 2 is 2.00 bits per heavy atom. The minimum absolute atomic E-state index is 0.163. The molecule has 0 radical (unpaired) electrons. The van der Waals surface area contributed by atoms with Gasteiger partial charge in [0.25, 0.3) is 0 Å². The highest BCUT2D eigenvalue weighted by molar-refractivity contribution is 6.17. The molecule has 1 amide bonds. The maximum atomic E-state index is 11.3. The highest BCUT2D eigenvalue weighted by Gasteiger charge is 2.13. The van der Waals surface area contributed by atoms with Gasteiger partial charge in [0.1, 0.15) is 0 Å². The van der Waals surface area contributed by atoms with Crippen molar-refractivity contribution < 1.29 is 4.79 Å². The van der Waals surface area contributed by atoms with Gasteiger partial charge in [-0.3, -0.25) is 4.79 Å². The number of nitrogens with one attached hydrogen (secondary N) is 1. The van der Waals surface area contributed by atoms with E-state index in [0.29, 0.717) is 12.3 Å². The predicted octanol–water partition coefficient (Wildman–Crippen LogP) is 2.70. The summed E-state index contributed by atoms with van der Waals surface area (Å²) in [5.74, 6) is 1.47. The summed E-state index contributed by atoms with van der Waals surface area (Å²) in [6, 6.07) is 0. The summed E-state index contributed by atoms with van der Waals surface area (Å²) >= 11 is 5.51. The first kappa shape index (κ1) is 11.8. The van der Waals surface area contributed by atoms with Gasteiger partial charge in [0, 0.05) is 18.8 Å². The third-order valence-electron chi connectivity index (χ3n) is 2.85. The lowest BCUT2D eigenvalue weighted by Gasteiger charge is -2.21. The highest BCUT2D eigenvalue weighted by Crippen LogP contribution is 2.22. The second-order valence-electron chi connectivity index (χ2n) is 4.10. The van der Waals surface area contributed by atoms with Crippen LogP contribution in [0.15, 0.2) is 0 Å². The molecule has 1 saturated carbocycles. The summed E-state index contributed by atoms with van der Waals surface area (Å²) in [7, 11) is 0. The fourth-order valence-electron chi connectivity index (χ4n) is 1.97. The van der Waals surface area contributed by atoms with Crippen molar-refractivity contribution in [2.24, 2.45) is 5.92 Å². The fourth-order valence-corrected chi connectivity index (χ4v) is 2.10. The first-order valence-electron chi connectivity index (χ1n) is 5.65. The molecule has 0 aromatic rings. The van der Waals surface area contributed by atoms with Gasteiger partial charge in [0.05, 0.1) is 0 Å². The van der Waals surface area contributed by atoms with E-state index in [1.54, 1.807) is 0 Å². The zero-order valence-electron chi connectivity index (χ0n) is 8.73. The average molecular weight is 218 g/mol. The lowest BCUT2D eigenvalue weighted by molar-refractivity contribution is -0.121. The summed E-state index contributed by atoms with van der Waals surface area (Å²) < 4.78 is 0. The first-order valence-corrected chi connectivity index (χ1v) is 6.19. The number of hydrogen-bond acceptors (Lipinski definition) is 1. The van der Waals surface area contributed by atoms with Crippen molar-refractivity contribution >= 4 is 17.5 Å². The van der Waals surface area contributed by atoms with Gasteiger partial charge in [0.2, 0.25) is 5.91 Å². The van der Waals surface area contributed by atoms with Crippen molar-refractivity contribution in [3.63, 3.8) is 0 Å². The lowest BCUT2D eigenvalue weighted by atomic mass is 9.89. The Balaban J connectivity index is 2.03. The normalized spacial score (nSPS) is 18.1. The van der Waals surface area contributed by atoms with E-state index in [4.69, 9.17) is 11.6 Å². The molecule has 2 nitrogen and oxygen atoms in total. The van der Waals surface area contributed by atoms with Crippen LogP contribution in [0.2, 0.25) is 0 Å². The van der Waals surface area contributed by atoms with Crippen molar-refractivity contribution in [2.75, 3.05) is 12.4 Å². The zero-order valence-corrected chi connectivity index (χ0v) is 9.48. The molecule has 14 heavy (non-hydrogen) atoms. The molecule has 0 spiro atoms. The summed E-state index contributed by atoms with van der Waals surface area (Å²) in [6.45, 7) is 0.876. The van der Waals surface area contributed by atoms with Crippen molar-refractivity contribution in [1.82, 2.24) is 5.32 Å². The van der Waals surface area contributed by atoms with Crippen LogP contribution >= 0.6 is 11.6 Å². The van der Waals surface area contributed by atoms with Gasteiger partial charge in [0.15, 0.2) is 0 Å². The molecule has 82 valence electrons. The number of carbonyl (C=O) groups excluding carboxylic acids is 1. The monoisotopic (exact) mass is 217 g/mol. The van der Waals surface area contributed by atoms with Crippen molar-refractivity contribution in [2.45, 2.75) is 44.9 Å². The number of carbonyl (C=O) groups is 1. The van der Waals surface area contributed by atoms with Gasteiger partial charge in [-0.25, -0.2) is 0 Å². The summed E-state index contributed by atoms with van der Waals surface area (Å²) in [5.41, 5.74) is 0. The molecule has 0 saturated heterocycles. The van der Waals surface area contributed by atoms with Gasteiger partial charge in [-0.2, -0.15) is 0 Å². The molecule has 3 heteroatoms. The number of halogens is 1. The van der Waals surface area contributed by atoms with Crippen LogP contribution < -0.4 is 5.32 Å². The molecule has 1 aliphatic rings. The van der Waals surface area contributed by atoms with Crippen LogP contribution in [0, 0.1) is 5.92 Å². The van der Waals surface area contributed by atoms with Crippen LogP contribution in [0.25, 0.3) is 0 Å². The second-order valence-corrected chi connectivity index (χ2v) is 4.48. The lowest BCUT2D eigenvalue weighted by Crippen LogP contribution is -2.30. The minimum atomic E-state index is 0.163. The molecule has 0 bridgehead atoms. The first-order chi connectivity index (χ1) is 6.83. The topological polar surface area (TPSA) is 29.1 Å². The molecule has 0 aromatic carbocycles. The molecule has 1 aliphatic carbocycles. The summed E-state index contributed by atoms with van der Waals surface area (Å²) in [6.07, 6.45) is 7.99. The molecule has 1 rings (SSSR count). The molecule has 1 N–H and O–H groups in total. The molecule has 1 fully saturated rings. The molecular formula is C11H20ClNO. The van der Waals surface area contributed by atoms with Crippen molar-refractivity contribution in [3.05, 3.63) is 0 Å². The summed E-state index contributed by atoms with van der Waals surface area (Å²) in [4.78, 5) is 11.3. The Labute approximate surface area is 91.4 Å². The maximum Gasteiger partial charge on any atom is 0.220 e. The van der Waals surface area contributed by atoms with Gasteiger partial charge in [-0.1, -0.05) is 19.3 Å². The van der Waals surface area contributed by atoms with E-state index in [2.05, 4.69) is 5.32 Å². The van der Waals surface area contributed by atoms with Gasteiger partial charge < -0.3 is 5.32 Å². The van der Waals surface area contributed by atoms with Crippen LogP contribution in [-0.2, 0) is 4.79 Å². The molecule has 0 atom stereocenters. The molecule has 0 aliphatic heterocycles. The molecule has 0 unspecified atom stereocenters. The quantitative estimate of drug-likeness (QED) is 0.705. The van der Waals surface area contributed by atoms with E-state index < -0.39 is 0 Å². The van der Waals surface area contributed by atoms with Crippen LogP contribution in [0.4, 0.5) is 0 Å². The standard InChI is InChI=1S/C11H20ClNO/c12-8-4-7-11(14)13-9-10-5-2-1-3-6-10/h10H,1-9H2,(H,13,14). The fraction of sp³-hybridized carbons (Fsp3) is 0.909. The van der Waals surface area contributed by atoms with Crippen molar-refractivity contribution in [1.29, 1.82) is 0 Å². The van der Waals surface area contributed by atoms with Crippen LogP contribution in [0.3, 0.4) is 0 Å². The van der Waals surface area contributed by atoms with Crippen LogP contribution in [0.1, 0.15) is 44.9 Å². The molecule has 0 heterocycles. The van der Waals surface area contributed by atoms with Gasteiger partial charge in [-0.05, 0) is 25.2 Å². The Kier molecular flexibility index (Phi) is 6.00. The van der Waals surface area contributed by atoms with E-state index in [1.807, 2.05) is 0 Å². The van der Waals surface area contributed by atoms with Crippen LogP contribution in [-0.4, -0.2) is 18.3 Å². The highest BCUT2D eigenvalue weighted by atomic mass is 35.5. The van der Waals surface area contributed by atoms with E-state index in [0.717, 1.165) is 18.9 Å². The SMILES string of the molecule is O=C(CCCCl)NCC1CCCCC1. The summed E-state index contributed by atoms with van der Waals surface area (Å²) in [5, 5.41) is 2.99. The number of hydrogen-bond donors (Lipinski definition) is 1. The smallest absolute Gasteiger partial charge is 0.220 e. The van der Waals surface area contributed by atoms with Crippen LogP contribution in [0.5, 0.6) is 0 Å². The Morgan fingerprint density at radius 3 is 2.64 bits per heavy atom. The van der Waals surface area contributed by atoms with E-state index in [1.165, 1.54) is 32.1 Å². The predicted molar refractivity (Wildman–Crippen MR) is 59.5 cm³/mol. The van der Waals surface area contributed by atoms with Gasteiger partial charge in [-0.15, -0.1) is 11.6 Å². The average Bonchev–Trinajstić information content (AvgIpc) is 2.25. The largest absolute Gasteiger partial charge is 0.356 e. The van der Waals surface area contributed by atoms with E-state index >= 15 is 0 Å². The Bertz CT molecular complexity index is 167. The molecule has 0 aromatic heterocycles. The number of amides is 1. The Morgan fingerprint density at radius 1 is 1.29 bits per heavy atom. The van der Waals surface area contributed by atoms with E-state index in [-0.39, 0.29) is 5.91 Å².